The number of para-hydroxylation sites is 1. The maximum atomic E-state index is 12.9. The molecule has 0 bridgehead atoms. The second kappa shape index (κ2) is 10.3. The number of sulfonamides is 1. The zero-order valence-electron chi connectivity index (χ0n) is 18.9. The molecule has 2 amide bonds. The van der Waals surface area contributed by atoms with Crippen LogP contribution in [0.2, 0.25) is 0 Å². The van der Waals surface area contributed by atoms with Crippen LogP contribution in [-0.4, -0.2) is 45.3 Å². The Morgan fingerprint density at radius 3 is 1.88 bits per heavy atom. The first-order valence-electron chi connectivity index (χ1n) is 10.6. The summed E-state index contributed by atoms with van der Waals surface area (Å²) in [5, 5.41) is 2.76. The Bertz CT molecular complexity index is 1200. The Balaban J connectivity index is 1.70. The first kappa shape index (κ1) is 24.0. The van der Waals surface area contributed by atoms with Crippen LogP contribution in [0.4, 0.5) is 11.4 Å². The van der Waals surface area contributed by atoms with E-state index in [1.807, 2.05) is 19.9 Å². The zero-order valence-corrected chi connectivity index (χ0v) is 19.7. The van der Waals surface area contributed by atoms with Crippen molar-refractivity contribution in [3.63, 3.8) is 0 Å². The van der Waals surface area contributed by atoms with Crippen LogP contribution in [0.5, 0.6) is 0 Å². The monoisotopic (exact) mass is 465 g/mol. The molecule has 0 spiro atoms. The molecule has 0 unspecified atom stereocenters. The van der Waals surface area contributed by atoms with E-state index in [0.717, 1.165) is 0 Å². The Labute approximate surface area is 194 Å². The second-order valence-corrected chi connectivity index (χ2v) is 9.31. The summed E-state index contributed by atoms with van der Waals surface area (Å²) in [6.45, 7) is 5.10. The van der Waals surface area contributed by atoms with Crippen LogP contribution in [-0.2, 0) is 10.0 Å². The summed E-state index contributed by atoms with van der Waals surface area (Å²) < 4.78 is 27.0. The van der Waals surface area contributed by atoms with Crippen molar-refractivity contribution < 1.29 is 18.0 Å². The Kier molecular flexibility index (Phi) is 7.50. The molecule has 0 aliphatic carbocycles. The molecule has 0 fully saturated rings. The molecule has 172 valence electrons. The third-order valence-electron chi connectivity index (χ3n) is 5.34. The predicted molar refractivity (Wildman–Crippen MR) is 130 cm³/mol. The highest BCUT2D eigenvalue weighted by Gasteiger charge is 2.21. The SMILES string of the molecule is CCN(CC)C(=O)c1ccc(NC(=O)c2ccc(S(=O)(=O)N(C)c3ccccc3)cc2)cc1. The minimum atomic E-state index is -3.75. The van der Waals surface area contributed by atoms with Gasteiger partial charge in [0, 0.05) is 37.0 Å². The molecule has 8 heteroatoms. The molecule has 0 aromatic heterocycles. The van der Waals surface area contributed by atoms with Gasteiger partial charge in [-0.2, -0.15) is 0 Å². The highest BCUT2D eigenvalue weighted by Crippen LogP contribution is 2.22. The molecule has 1 N–H and O–H groups in total. The van der Waals surface area contributed by atoms with Crippen molar-refractivity contribution >= 4 is 33.2 Å². The third-order valence-corrected chi connectivity index (χ3v) is 7.13. The van der Waals surface area contributed by atoms with Crippen molar-refractivity contribution in [2.45, 2.75) is 18.7 Å². The van der Waals surface area contributed by atoms with Crippen LogP contribution in [0, 0.1) is 0 Å². The minimum Gasteiger partial charge on any atom is -0.339 e. The quantitative estimate of drug-likeness (QED) is 0.539. The lowest BCUT2D eigenvalue weighted by Crippen LogP contribution is -2.30. The average molecular weight is 466 g/mol. The summed E-state index contributed by atoms with van der Waals surface area (Å²) in [5.41, 5.74) is 1.95. The number of rotatable bonds is 8. The van der Waals surface area contributed by atoms with Crippen LogP contribution in [0.1, 0.15) is 34.6 Å². The molecule has 3 aromatic carbocycles. The van der Waals surface area contributed by atoms with E-state index in [0.29, 0.717) is 35.6 Å². The van der Waals surface area contributed by atoms with Gasteiger partial charge in [-0.1, -0.05) is 18.2 Å². The molecule has 0 atom stereocenters. The van der Waals surface area contributed by atoms with Crippen molar-refractivity contribution in [1.82, 2.24) is 4.90 Å². The Hall–Kier alpha value is -3.65. The maximum absolute atomic E-state index is 12.9. The largest absolute Gasteiger partial charge is 0.339 e. The fraction of sp³-hybridized carbons (Fsp3) is 0.200. The van der Waals surface area contributed by atoms with Crippen LogP contribution in [0.3, 0.4) is 0 Å². The van der Waals surface area contributed by atoms with Gasteiger partial charge in [-0.25, -0.2) is 8.42 Å². The molecule has 3 rings (SSSR count). The van der Waals surface area contributed by atoms with Gasteiger partial charge in [0.25, 0.3) is 21.8 Å². The van der Waals surface area contributed by atoms with Gasteiger partial charge in [0.05, 0.1) is 10.6 Å². The van der Waals surface area contributed by atoms with Crippen LogP contribution in [0.15, 0.2) is 83.8 Å². The van der Waals surface area contributed by atoms with Crippen LogP contribution in [0.25, 0.3) is 0 Å². The van der Waals surface area contributed by atoms with Crippen molar-refractivity contribution in [1.29, 1.82) is 0 Å². The van der Waals surface area contributed by atoms with E-state index in [1.165, 1.54) is 35.6 Å². The van der Waals surface area contributed by atoms with Gasteiger partial charge in [0.1, 0.15) is 0 Å². The molecule has 0 saturated heterocycles. The molecule has 0 heterocycles. The van der Waals surface area contributed by atoms with Gasteiger partial charge in [-0.05, 0) is 74.5 Å². The number of hydrogen-bond acceptors (Lipinski definition) is 4. The normalized spacial score (nSPS) is 11.0. The summed E-state index contributed by atoms with van der Waals surface area (Å²) in [7, 11) is -2.27. The van der Waals surface area contributed by atoms with Crippen LogP contribution < -0.4 is 9.62 Å². The number of anilines is 2. The molecule has 3 aromatic rings. The molecule has 0 radical (unpaired) electrons. The van der Waals surface area contributed by atoms with Gasteiger partial charge in [0.15, 0.2) is 0 Å². The highest BCUT2D eigenvalue weighted by molar-refractivity contribution is 7.92. The first-order chi connectivity index (χ1) is 15.8. The molecule has 7 nitrogen and oxygen atoms in total. The van der Waals surface area contributed by atoms with E-state index in [2.05, 4.69) is 5.32 Å². The predicted octanol–water partition coefficient (Wildman–Crippen LogP) is 4.25. The average Bonchev–Trinajstić information content (AvgIpc) is 2.85. The molecule has 33 heavy (non-hydrogen) atoms. The third kappa shape index (κ3) is 5.40. The van der Waals surface area contributed by atoms with E-state index >= 15 is 0 Å². The van der Waals surface area contributed by atoms with Crippen LogP contribution >= 0.6 is 0 Å². The maximum Gasteiger partial charge on any atom is 0.264 e. The van der Waals surface area contributed by atoms with E-state index in [-0.39, 0.29) is 16.7 Å². The Morgan fingerprint density at radius 1 is 0.788 bits per heavy atom. The smallest absolute Gasteiger partial charge is 0.264 e. The van der Waals surface area contributed by atoms with Crippen molar-refractivity contribution in [2.24, 2.45) is 0 Å². The lowest BCUT2D eigenvalue weighted by molar-refractivity contribution is 0.0773. The van der Waals surface area contributed by atoms with Gasteiger partial charge < -0.3 is 10.2 Å². The van der Waals surface area contributed by atoms with E-state index in [4.69, 9.17) is 0 Å². The fourth-order valence-electron chi connectivity index (χ4n) is 3.31. The van der Waals surface area contributed by atoms with Gasteiger partial charge in [-0.3, -0.25) is 13.9 Å². The standard InChI is InChI=1S/C25H27N3O4S/c1-4-28(5-2)25(30)20-11-15-21(16-12-20)26-24(29)19-13-17-23(18-14-19)33(31,32)27(3)22-9-7-6-8-10-22/h6-18H,4-5H2,1-3H3,(H,26,29). The molecule has 0 saturated carbocycles. The number of hydrogen-bond donors (Lipinski definition) is 1. The minimum absolute atomic E-state index is 0.0601. The lowest BCUT2D eigenvalue weighted by atomic mass is 10.1. The molecule has 0 aliphatic heterocycles. The Morgan fingerprint density at radius 2 is 1.33 bits per heavy atom. The summed E-state index contributed by atoms with van der Waals surface area (Å²) in [5.74, 6) is -0.437. The van der Waals surface area contributed by atoms with Crippen molar-refractivity contribution in [3.05, 3.63) is 90.0 Å². The zero-order chi connectivity index (χ0) is 24.0. The number of benzene rings is 3. The van der Waals surface area contributed by atoms with Gasteiger partial charge >= 0.3 is 0 Å². The highest BCUT2D eigenvalue weighted by atomic mass is 32.2. The van der Waals surface area contributed by atoms with Crippen molar-refractivity contribution in [3.8, 4) is 0 Å². The first-order valence-corrected chi connectivity index (χ1v) is 12.1. The lowest BCUT2D eigenvalue weighted by Gasteiger charge is -2.19. The summed E-state index contributed by atoms with van der Waals surface area (Å²) in [6, 6.07) is 21.2. The summed E-state index contributed by atoms with van der Waals surface area (Å²) in [4.78, 5) is 26.8. The molecular formula is C25H27N3O4S. The summed E-state index contributed by atoms with van der Waals surface area (Å²) >= 11 is 0. The van der Waals surface area contributed by atoms with Gasteiger partial charge in [0.2, 0.25) is 0 Å². The van der Waals surface area contributed by atoms with E-state index in [1.54, 1.807) is 53.4 Å². The van der Waals surface area contributed by atoms with Gasteiger partial charge in [-0.15, -0.1) is 0 Å². The van der Waals surface area contributed by atoms with E-state index in [9.17, 15) is 18.0 Å². The second-order valence-electron chi connectivity index (χ2n) is 7.34. The van der Waals surface area contributed by atoms with E-state index < -0.39 is 10.0 Å². The number of nitrogens with zero attached hydrogens (tertiary/aromatic N) is 2. The summed E-state index contributed by atoms with van der Waals surface area (Å²) in [6.07, 6.45) is 0. The number of amides is 2. The fourth-order valence-corrected chi connectivity index (χ4v) is 4.50. The molecule has 0 aliphatic rings. The van der Waals surface area contributed by atoms with Crippen molar-refractivity contribution in [2.75, 3.05) is 29.8 Å². The topological polar surface area (TPSA) is 86.8 Å². The number of nitrogens with one attached hydrogen (secondary N) is 1. The number of carbonyl (C=O) groups is 2. The number of carbonyl (C=O) groups excluding carboxylic acids is 2. The molecular weight excluding hydrogens is 438 g/mol.